The summed E-state index contributed by atoms with van der Waals surface area (Å²) in [4.78, 5) is 0. The van der Waals surface area contributed by atoms with Crippen LogP contribution in [0, 0.1) is 13.8 Å². The van der Waals surface area contributed by atoms with Crippen LogP contribution in [0.5, 0.6) is 0 Å². The number of sulfone groups is 1. The third-order valence-corrected chi connectivity index (χ3v) is 7.12. The van der Waals surface area contributed by atoms with Crippen LogP contribution in [0.15, 0.2) is 30.3 Å². The Morgan fingerprint density at radius 2 is 2.00 bits per heavy atom. The molecule has 5 nitrogen and oxygen atoms in total. The SMILES string of the molecule is Cc1nn([C@@H]2CCS(=O)(=O)C2)c(C)c1CN[C@@H](C)CCc1ccccc1. The number of benzene rings is 1. The lowest BCUT2D eigenvalue weighted by molar-refractivity contribution is 0.483. The molecule has 1 saturated heterocycles. The fraction of sp³-hybridized carbons (Fsp3) is 0.550. The van der Waals surface area contributed by atoms with E-state index in [2.05, 4.69) is 48.5 Å². The number of aromatic nitrogens is 2. The van der Waals surface area contributed by atoms with Crippen LogP contribution < -0.4 is 5.32 Å². The van der Waals surface area contributed by atoms with Gasteiger partial charge in [0.1, 0.15) is 0 Å². The van der Waals surface area contributed by atoms with Crippen LogP contribution in [0.3, 0.4) is 0 Å². The molecule has 142 valence electrons. The molecule has 0 radical (unpaired) electrons. The van der Waals surface area contributed by atoms with Crippen LogP contribution in [0.25, 0.3) is 0 Å². The van der Waals surface area contributed by atoms with Crippen molar-refractivity contribution in [2.24, 2.45) is 0 Å². The van der Waals surface area contributed by atoms with Gasteiger partial charge in [0, 0.05) is 23.8 Å². The van der Waals surface area contributed by atoms with Gasteiger partial charge in [0.05, 0.1) is 23.2 Å². The summed E-state index contributed by atoms with van der Waals surface area (Å²) < 4.78 is 25.5. The van der Waals surface area contributed by atoms with Crippen LogP contribution in [-0.2, 0) is 22.8 Å². The molecule has 3 rings (SSSR count). The van der Waals surface area contributed by atoms with Crippen molar-refractivity contribution in [2.75, 3.05) is 11.5 Å². The molecule has 2 heterocycles. The van der Waals surface area contributed by atoms with Crippen molar-refractivity contribution in [2.45, 2.75) is 58.7 Å². The molecule has 1 aliphatic rings. The molecule has 1 fully saturated rings. The Bertz CT molecular complexity index is 843. The molecular weight excluding hydrogens is 346 g/mol. The highest BCUT2D eigenvalue weighted by Gasteiger charge is 2.31. The number of aryl methyl sites for hydroxylation is 2. The highest BCUT2D eigenvalue weighted by molar-refractivity contribution is 7.91. The second kappa shape index (κ2) is 7.92. The normalized spacial score (nSPS) is 20.3. The minimum absolute atomic E-state index is 0.0112. The molecule has 0 unspecified atom stereocenters. The van der Waals surface area contributed by atoms with Crippen molar-refractivity contribution < 1.29 is 8.42 Å². The lowest BCUT2D eigenvalue weighted by Crippen LogP contribution is -2.26. The first-order valence-electron chi connectivity index (χ1n) is 9.38. The number of hydrogen-bond acceptors (Lipinski definition) is 4. The van der Waals surface area contributed by atoms with Gasteiger partial charge in [0.15, 0.2) is 9.84 Å². The fourth-order valence-electron chi connectivity index (χ4n) is 3.68. The van der Waals surface area contributed by atoms with Gasteiger partial charge >= 0.3 is 0 Å². The summed E-state index contributed by atoms with van der Waals surface area (Å²) in [5.41, 5.74) is 4.64. The molecule has 2 aromatic rings. The summed E-state index contributed by atoms with van der Waals surface area (Å²) in [6.45, 7) is 7.05. The van der Waals surface area contributed by atoms with Crippen molar-refractivity contribution in [3.05, 3.63) is 52.8 Å². The Balaban J connectivity index is 1.58. The summed E-state index contributed by atoms with van der Waals surface area (Å²) in [6.07, 6.45) is 2.81. The lowest BCUT2D eigenvalue weighted by Gasteiger charge is -2.15. The standard InChI is InChI=1S/C20H29N3O2S/c1-15(9-10-18-7-5-4-6-8-18)21-13-20-16(2)22-23(17(20)3)19-11-12-26(24,25)14-19/h4-8,15,19,21H,9-14H2,1-3H3/t15-,19+/m0/s1. The predicted octanol–water partition coefficient (Wildman–Crippen LogP) is 2.97. The largest absolute Gasteiger partial charge is 0.310 e. The maximum Gasteiger partial charge on any atom is 0.152 e. The minimum Gasteiger partial charge on any atom is -0.310 e. The average Bonchev–Trinajstić information content (AvgIpc) is 3.11. The van der Waals surface area contributed by atoms with Crippen LogP contribution in [0.1, 0.15) is 48.3 Å². The maximum absolute atomic E-state index is 11.8. The molecule has 6 heteroatoms. The number of nitrogens with one attached hydrogen (secondary N) is 1. The molecular formula is C20H29N3O2S. The predicted molar refractivity (Wildman–Crippen MR) is 105 cm³/mol. The maximum atomic E-state index is 11.8. The van der Waals surface area contributed by atoms with Gasteiger partial charge in [0.2, 0.25) is 0 Å². The average molecular weight is 376 g/mol. The van der Waals surface area contributed by atoms with Crippen molar-refractivity contribution in [1.29, 1.82) is 0 Å². The Hall–Kier alpha value is -1.66. The molecule has 0 aliphatic carbocycles. The summed E-state index contributed by atoms with van der Waals surface area (Å²) in [5.74, 6) is 0.495. The van der Waals surface area contributed by atoms with Gasteiger partial charge in [-0.3, -0.25) is 4.68 Å². The zero-order valence-electron chi connectivity index (χ0n) is 15.9. The van der Waals surface area contributed by atoms with E-state index in [0.29, 0.717) is 12.5 Å². The molecule has 1 aliphatic heterocycles. The van der Waals surface area contributed by atoms with E-state index < -0.39 is 9.84 Å². The number of rotatable bonds is 7. The van der Waals surface area contributed by atoms with Gasteiger partial charge in [-0.2, -0.15) is 5.10 Å². The Morgan fingerprint density at radius 1 is 1.27 bits per heavy atom. The smallest absolute Gasteiger partial charge is 0.152 e. The van der Waals surface area contributed by atoms with Gasteiger partial charge < -0.3 is 5.32 Å². The molecule has 26 heavy (non-hydrogen) atoms. The van der Waals surface area contributed by atoms with E-state index >= 15 is 0 Å². The van der Waals surface area contributed by atoms with Crippen LogP contribution in [0.2, 0.25) is 0 Å². The van der Waals surface area contributed by atoms with Crippen molar-refractivity contribution in [1.82, 2.24) is 15.1 Å². The first kappa shape index (κ1) is 19.1. The molecule has 2 atom stereocenters. The van der Waals surface area contributed by atoms with E-state index in [1.807, 2.05) is 17.7 Å². The highest BCUT2D eigenvalue weighted by atomic mass is 32.2. The second-order valence-electron chi connectivity index (χ2n) is 7.46. The van der Waals surface area contributed by atoms with E-state index in [1.165, 1.54) is 11.1 Å². The molecule has 0 saturated carbocycles. The zero-order valence-corrected chi connectivity index (χ0v) is 16.7. The van der Waals surface area contributed by atoms with E-state index in [1.54, 1.807) is 0 Å². The van der Waals surface area contributed by atoms with Gasteiger partial charge in [-0.25, -0.2) is 8.42 Å². The van der Waals surface area contributed by atoms with Gasteiger partial charge in [-0.15, -0.1) is 0 Å². The number of nitrogens with zero attached hydrogens (tertiary/aromatic N) is 2. The van der Waals surface area contributed by atoms with E-state index in [-0.39, 0.29) is 17.5 Å². The van der Waals surface area contributed by atoms with Crippen molar-refractivity contribution in [3.8, 4) is 0 Å². The molecule has 0 spiro atoms. The van der Waals surface area contributed by atoms with Crippen LogP contribution in [0.4, 0.5) is 0 Å². The van der Waals surface area contributed by atoms with E-state index in [4.69, 9.17) is 0 Å². The summed E-state index contributed by atoms with van der Waals surface area (Å²) in [6, 6.07) is 10.9. The molecule has 1 aromatic heterocycles. The third-order valence-electron chi connectivity index (χ3n) is 5.37. The van der Waals surface area contributed by atoms with Crippen LogP contribution in [-0.4, -0.2) is 35.7 Å². The Kier molecular flexibility index (Phi) is 5.82. The first-order valence-corrected chi connectivity index (χ1v) is 11.2. The van der Waals surface area contributed by atoms with E-state index in [9.17, 15) is 8.42 Å². The van der Waals surface area contributed by atoms with Gasteiger partial charge in [-0.1, -0.05) is 30.3 Å². The second-order valence-corrected chi connectivity index (χ2v) is 9.69. The summed E-state index contributed by atoms with van der Waals surface area (Å²) in [5, 5.41) is 8.24. The third kappa shape index (κ3) is 4.54. The molecule has 1 N–H and O–H groups in total. The summed E-state index contributed by atoms with van der Waals surface area (Å²) in [7, 11) is -2.90. The molecule has 0 amide bonds. The fourth-order valence-corrected chi connectivity index (χ4v) is 5.37. The zero-order chi connectivity index (χ0) is 18.7. The van der Waals surface area contributed by atoms with E-state index in [0.717, 1.165) is 30.8 Å². The van der Waals surface area contributed by atoms with Crippen LogP contribution >= 0.6 is 0 Å². The van der Waals surface area contributed by atoms with Gasteiger partial charge in [0.25, 0.3) is 0 Å². The monoisotopic (exact) mass is 375 g/mol. The summed E-state index contributed by atoms with van der Waals surface area (Å²) >= 11 is 0. The quantitative estimate of drug-likeness (QED) is 0.808. The minimum atomic E-state index is -2.90. The van der Waals surface area contributed by atoms with Crippen molar-refractivity contribution in [3.63, 3.8) is 0 Å². The molecule has 0 bridgehead atoms. The highest BCUT2D eigenvalue weighted by Crippen LogP contribution is 2.26. The Labute approximate surface area is 156 Å². The first-order chi connectivity index (χ1) is 12.4. The number of hydrogen-bond donors (Lipinski definition) is 1. The lowest BCUT2D eigenvalue weighted by atomic mass is 10.1. The van der Waals surface area contributed by atoms with Crippen molar-refractivity contribution >= 4 is 9.84 Å². The molecule has 1 aromatic carbocycles. The Morgan fingerprint density at radius 3 is 2.65 bits per heavy atom. The van der Waals surface area contributed by atoms with Gasteiger partial charge in [-0.05, 0) is 45.6 Å². The topological polar surface area (TPSA) is 64.0 Å².